The summed E-state index contributed by atoms with van der Waals surface area (Å²) in [7, 11) is 0. The second kappa shape index (κ2) is 4.70. The Morgan fingerprint density at radius 3 is 2.90 bits per heavy atom. The first kappa shape index (κ1) is 12.6. The van der Waals surface area contributed by atoms with Crippen molar-refractivity contribution in [3.05, 3.63) is 41.5 Å². The maximum absolute atomic E-state index is 5.85. The number of benzene rings is 1. The third kappa shape index (κ3) is 2.23. The Balaban J connectivity index is 1.74. The van der Waals surface area contributed by atoms with Crippen LogP contribution in [-0.4, -0.2) is 14.6 Å². The smallest absolute Gasteiger partial charge is 0.212 e. The van der Waals surface area contributed by atoms with Crippen LogP contribution in [0.1, 0.15) is 18.9 Å². The molecule has 0 saturated heterocycles. The molecule has 0 amide bonds. The first-order valence-corrected chi connectivity index (χ1v) is 7.85. The Morgan fingerprint density at radius 2 is 2.14 bits per heavy atom. The Kier molecular flexibility index (Phi) is 2.82. The highest BCUT2D eigenvalue weighted by Crippen LogP contribution is 2.28. The summed E-state index contributed by atoms with van der Waals surface area (Å²) in [6.07, 6.45) is 2.93. The molecule has 5 heteroatoms. The monoisotopic (exact) mass is 297 g/mol. The van der Waals surface area contributed by atoms with Gasteiger partial charge in [-0.15, -0.1) is 0 Å². The van der Waals surface area contributed by atoms with Gasteiger partial charge in [0.05, 0.1) is 6.20 Å². The molecule has 0 N–H and O–H groups in total. The fourth-order valence-corrected chi connectivity index (χ4v) is 3.49. The average Bonchev–Trinajstić information content (AvgIpc) is 3.08. The first-order valence-electron chi connectivity index (χ1n) is 7.03. The molecule has 4 nitrogen and oxygen atoms in total. The Labute approximate surface area is 126 Å². The maximum Gasteiger partial charge on any atom is 0.212 e. The van der Waals surface area contributed by atoms with Crippen molar-refractivity contribution < 1.29 is 4.42 Å². The average molecular weight is 297 g/mol. The zero-order valence-electron chi connectivity index (χ0n) is 11.9. The SMILES string of the molecule is CC(C)Cc1nn2cc(-c3cc4ccccc4o3)nc2s1. The molecule has 1 aromatic carbocycles. The lowest BCUT2D eigenvalue weighted by atomic mass is 10.1. The van der Waals surface area contributed by atoms with Gasteiger partial charge in [-0.25, -0.2) is 9.50 Å². The summed E-state index contributed by atoms with van der Waals surface area (Å²) in [6.45, 7) is 4.40. The molecule has 0 unspecified atom stereocenters. The molecule has 0 atom stereocenters. The normalized spacial score (nSPS) is 12.0. The summed E-state index contributed by atoms with van der Waals surface area (Å²) in [5, 5.41) is 6.81. The molecule has 0 fully saturated rings. The van der Waals surface area contributed by atoms with Crippen LogP contribution in [0.3, 0.4) is 0 Å². The lowest BCUT2D eigenvalue weighted by Gasteiger charge is -1.97. The molecule has 3 aromatic heterocycles. The minimum absolute atomic E-state index is 0.607. The van der Waals surface area contributed by atoms with E-state index in [1.165, 1.54) is 0 Å². The molecule has 0 saturated carbocycles. The van der Waals surface area contributed by atoms with Crippen LogP contribution < -0.4 is 0 Å². The number of rotatable bonds is 3. The van der Waals surface area contributed by atoms with Crippen LogP contribution in [0.15, 0.2) is 40.9 Å². The van der Waals surface area contributed by atoms with Gasteiger partial charge >= 0.3 is 0 Å². The number of hydrogen-bond acceptors (Lipinski definition) is 4. The molecule has 0 aliphatic carbocycles. The highest BCUT2D eigenvalue weighted by atomic mass is 32.1. The van der Waals surface area contributed by atoms with Crippen LogP contribution in [0, 0.1) is 5.92 Å². The predicted octanol–water partition coefficient (Wildman–Crippen LogP) is 4.40. The number of hydrogen-bond donors (Lipinski definition) is 0. The summed E-state index contributed by atoms with van der Waals surface area (Å²) < 4.78 is 7.70. The van der Waals surface area contributed by atoms with E-state index in [0.29, 0.717) is 5.92 Å². The van der Waals surface area contributed by atoms with E-state index in [0.717, 1.165) is 38.8 Å². The molecule has 3 heterocycles. The number of nitrogens with zero attached hydrogens (tertiary/aromatic N) is 3. The van der Waals surface area contributed by atoms with E-state index in [-0.39, 0.29) is 0 Å². The summed E-state index contributed by atoms with van der Waals surface area (Å²) in [5.74, 6) is 1.40. The van der Waals surface area contributed by atoms with Crippen molar-refractivity contribution in [1.29, 1.82) is 0 Å². The Hall–Kier alpha value is -2.14. The molecule has 4 rings (SSSR count). The number of fused-ring (bicyclic) bond motifs is 2. The van der Waals surface area contributed by atoms with Gasteiger partial charge in [-0.3, -0.25) is 0 Å². The van der Waals surface area contributed by atoms with Crippen molar-refractivity contribution in [2.24, 2.45) is 5.92 Å². The number of aromatic nitrogens is 3. The lowest BCUT2D eigenvalue weighted by Crippen LogP contribution is -1.94. The summed E-state index contributed by atoms with van der Waals surface area (Å²) in [6, 6.07) is 10.0. The van der Waals surface area contributed by atoms with Gasteiger partial charge in [-0.05, 0) is 18.1 Å². The van der Waals surface area contributed by atoms with Crippen LogP contribution in [0.25, 0.3) is 27.4 Å². The van der Waals surface area contributed by atoms with Crippen LogP contribution >= 0.6 is 11.3 Å². The number of furan rings is 1. The summed E-state index contributed by atoms with van der Waals surface area (Å²) >= 11 is 1.65. The molecule has 0 radical (unpaired) electrons. The van der Waals surface area contributed by atoms with E-state index in [9.17, 15) is 0 Å². The van der Waals surface area contributed by atoms with E-state index < -0.39 is 0 Å². The van der Waals surface area contributed by atoms with Gasteiger partial charge in [-0.2, -0.15) is 5.10 Å². The predicted molar refractivity (Wildman–Crippen MR) is 84.6 cm³/mol. The molecular weight excluding hydrogens is 282 g/mol. The molecule has 21 heavy (non-hydrogen) atoms. The van der Waals surface area contributed by atoms with Gasteiger partial charge in [0, 0.05) is 11.8 Å². The molecule has 0 bridgehead atoms. The zero-order chi connectivity index (χ0) is 14.4. The Morgan fingerprint density at radius 1 is 1.29 bits per heavy atom. The molecule has 106 valence electrons. The minimum atomic E-state index is 0.607. The van der Waals surface area contributed by atoms with Crippen molar-refractivity contribution in [1.82, 2.24) is 14.6 Å². The van der Waals surface area contributed by atoms with Gasteiger partial charge < -0.3 is 4.42 Å². The fourth-order valence-electron chi connectivity index (χ4n) is 2.40. The fraction of sp³-hybridized carbons (Fsp3) is 0.250. The Bertz CT molecular complexity index is 851. The summed E-state index contributed by atoms with van der Waals surface area (Å²) in [5.41, 5.74) is 1.72. The van der Waals surface area contributed by atoms with Crippen LogP contribution in [-0.2, 0) is 6.42 Å². The van der Waals surface area contributed by atoms with Gasteiger partial charge in [0.15, 0.2) is 5.76 Å². The van der Waals surface area contributed by atoms with E-state index in [1.54, 1.807) is 11.3 Å². The number of para-hydroxylation sites is 1. The highest BCUT2D eigenvalue weighted by Gasteiger charge is 2.13. The largest absolute Gasteiger partial charge is 0.454 e. The van der Waals surface area contributed by atoms with Crippen LogP contribution in [0.5, 0.6) is 0 Å². The lowest BCUT2D eigenvalue weighted by molar-refractivity contribution is 0.628. The maximum atomic E-state index is 5.85. The standard InChI is InChI=1S/C16H15N3OS/c1-10(2)7-15-18-19-9-12(17-16(19)21-15)14-8-11-5-3-4-6-13(11)20-14/h3-6,8-10H,7H2,1-2H3. The van der Waals surface area contributed by atoms with E-state index in [2.05, 4.69) is 23.9 Å². The van der Waals surface area contributed by atoms with E-state index >= 15 is 0 Å². The van der Waals surface area contributed by atoms with Crippen molar-refractivity contribution in [3.63, 3.8) is 0 Å². The molecular formula is C16H15N3OS. The van der Waals surface area contributed by atoms with Crippen molar-refractivity contribution >= 4 is 27.3 Å². The second-order valence-corrected chi connectivity index (χ2v) is 6.64. The highest BCUT2D eigenvalue weighted by molar-refractivity contribution is 7.16. The van der Waals surface area contributed by atoms with E-state index in [4.69, 9.17) is 4.42 Å². The van der Waals surface area contributed by atoms with Gasteiger partial charge in [0.1, 0.15) is 16.3 Å². The van der Waals surface area contributed by atoms with Crippen molar-refractivity contribution in [2.45, 2.75) is 20.3 Å². The molecule has 0 spiro atoms. The molecule has 4 aromatic rings. The van der Waals surface area contributed by atoms with E-state index in [1.807, 2.05) is 41.0 Å². The van der Waals surface area contributed by atoms with Gasteiger partial charge in [-0.1, -0.05) is 43.4 Å². The second-order valence-electron chi connectivity index (χ2n) is 5.60. The van der Waals surface area contributed by atoms with Crippen molar-refractivity contribution in [3.8, 4) is 11.5 Å². The van der Waals surface area contributed by atoms with Crippen LogP contribution in [0.4, 0.5) is 0 Å². The number of imidazole rings is 1. The minimum Gasteiger partial charge on any atom is -0.454 e. The summed E-state index contributed by atoms with van der Waals surface area (Å²) in [4.78, 5) is 5.55. The van der Waals surface area contributed by atoms with Crippen LogP contribution in [0.2, 0.25) is 0 Å². The zero-order valence-corrected chi connectivity index (χ0v) is 12.7. The van der Waals surface area contributed by atoms with Gasteiger partial charge in [0.2, 0.25) is 4.96 Å². The van der Waals surface area contributed by atoms with Gasteiger partial charge in [0.25, 0.3) is 0 Å². The topological polar surface area (TPSA) is 43.3 Å². The quantitative estimate of drug-likeness (QED) is 0.563. The molecule has 0 aliphatic rings. The first-order chi connectivity index (χ1) is 10.2. The van der Waals surface area contributed by atoms with Crippen molar-refractivity contribution in [2.75, 3.05) is 0 Å². The molecule has 0 aliphatic heterocycles. The third-order valence-corrected chi connectivity index (χ3v) is 4.29. The third-order valence-electron chi connectivity index (χ3n) is 3.35.